The molecule has 2 N–H and O–H groups in total. The van der Waals surface area contributed by atoms with E-state index in [4.69, 9.17) is 5.11 Å². The van der Waals surface area contributed by atoms with Crippen molar-refractivity contribution < 1.29 is 14.7 Å². The van der Waals surface area contributed by atoms with Gasteiger partial charge in [0, 0.05) is 6.42 Å². The number of carbonyl (C=O) groups is 2. The van der Waals surface area contributed by atoms with Crippen LogP contribution in [0.2, 0.25) is 0 Å². The molecule has 1 amide bonds. The summed E-state index contributed by atoms with van der Waals surface area (Å²) < 4.78 is 0. The van der Waals surface area contributed by atoms with Crippen LogP contribution in [0.15, 0.2) is 0 Å². The number of carboxylic acid groups (broad SMARTS) is 1. The Bertz CT molecular complexity index is 309. The van der Waals surface area contributed by atoms with Crippen LogP contribution in [-0.4, -0.2) is 23.0 Å². The molecule has 4 heteroatoms. The molecule has 0 bridgehead atoms. The molecule has 110 valence electrons. The second-order valence-corrected chi connectivity index (χ2v) is 6.21. The predicted octanol–water partition coefficient (Wildman–Crippen LogP) is 2.82. The fraction of sp³-hybridized carbons (Fsp3) is 0.867. The second kappa shape index (κ2) is 7.51. The van der Waals surface area contributed by atoms with Crippen LogP contribution in [0.3, 0.4) is 0 Å². The van der Waals surface area contributed by atoms with Crippen molar-refractivity contribution >= 4 is 11.9 Å². The summed E-state index contributed by atoms with van der Waals surface area (Å²) in [6.45, 7) is 5.73. The molecule has 0 aromatic carbocycles. The smallest absolute Gasteiger partial charge is 0.326 e. The van der Waals surface area contributed by atoms with Crippen LogP contribution in [0.25, 0.3) is 0 Å². The first-order valence-corrected chi connectivity index (χ1v) is 7.44. The van der Waals surface area contributed by atoms with Crippen molar-refractivity contribution in [2.24, 2.45) is 17.8 Å². The van der Waals surface area contributed by atoms with Crippen LogP contribution < -0.4 is 5.32 Å². The van der Waals surface area contributed by atoms with Crippen LogP contribution >= 0.6 is 0 Å². The SMILES string of the molecule is CC(CC(=O)N[C@H](C(=O)O)C(C)C)C1CCCCC1. The number of aliphatic carboxylic acids is 1. The van der Waals surface area contributed by atoms with Gasteiger partial charge in [0.15, 0.2) is 0 Å². The van der Waals surface area contributed by atoms with Gasteiger partial charge in [-0.25, -0.2) is 4.79 Å². The summed E-state index contributed by atoms with van der Waals surface area (Å²) in [6.07, 6.45) is 6.70. The lowest BCUT2D eigenvalue weighted by Gasteiger charge is -2.28. The summed E-state index contributed by atoms with van der Waals surface area (Å²) in [5.41, 5.74) is 0. The lowest BCUT2D eigenvalue weighted by atomic mass is 9.79. The summed E-state index contributed by atoms with van der Waals surface area (Å²) in [7, 11) is 0. The molecule has 1 saturated carbocycles. The molecule has 0 saturated heterocycles. The number of hydrogen-bond acceptors (Lipinski definition) is 2. The zero-order valence-electron chi connectivity index (χ0n) is 12.3. The van der Waals surface area contributed by atoms with Gasteiger partial charge in [0.2, 0.25) is 5.91 Å². The molecule has 0 aliphatic heterocycles. The minimum atomic E-state index is -0.950. The molecule has 0 heterocycles. The lowest BCUT2D eigenvalue weighted by Crippen LogP contribution is -2.45. The van der Waals surface area contributed by atoms with Crippen LogP contribution in [0, 0.1) is 17.8 Å². The van der Waals surface area contributed by atoms with E-state index in [0.29, 0.717) is 18.3 Å². The second-order valence-electron chi connectivity index (χ2n) is 6.21. The van der Waals surface area contributed by atoms with Crippen molar-refractivity contribution in [1.82, 2.24) is 5.32 Å². The lowest BCUT2D eigenvalue weighted by molar-refractivity contribution is -0.143. The quantitative estimate of drug-likeness (QED) is 0.779. The highest BCUT2D eigenvalue weighted by molar-refractivity contribution is 5.83. The first-order valence-electron chi connectivity index (χ1n) is 7.44. The first-order chi connectivity index (χ1) is 8.91. The molecule has 0 radical (unpaired) electrons. The van der Waals surface area contributed by atoms with E-state index in [-0.39, 0.29) is 11.8 Å². The van der Waals surface area contributed by atoms with Crippen molar-refractivity contribution in [2.45, 2.75) is 65.3 Å². The van der Waals surface area contributed by atoms with Crippen molar-refractivity contribution in [3.63, 3.8) is 0 Å². The third-order valence-electron chi connectivity index (χ3n) is 4.21. The minimum absolute atomic E-state index is 0.0913. The average Bonchev–Trinajstić information content (AvgIpc) is 2.36. The third-order valence-corrected chi connectivity index (χ3v) is 4.21. The van der Waals surface area contributed by atoms with E-state index in [1.54, 1.807) is 0 Å². The van der Waals surface area contributed by atoms with Crippen LogP contribution in [0.4, 0.5) is 0 Å². The summed E-state index contributed by atoms with van der Waals surface area (Å²) in [6, 6.07) is -0.772. The molecule has 0 spiro atoms. The summed E-state index contributed by atoms with van der Waals surface area (Å²) in [5.74, 6) is -0.192. The van der Waals surface area contributed by atoms with Gasteiger partial charge in [0.05, 0.1) is 0 Å². The number of hydrogen-bond donors (Lipinski definition) is 2. The number of rotatable bonds is 6. The van der Waals surface area contributed by atoms with E-state index in [0.717, 1.165) is 0 Å². The van der Waals surface area contributed by atoms with Gasteiger partial charge in [-0.2, -0.15) is 0 Å². The van der Waals surface area contributed by atoms with E-state index in [1.807, 2.05) is 13.8 Å². The van der Waals surface area contributed by atoms with Crippen molar-refractivity contribution in [1.29, 1.82) is 0 Å². The molecule has 1 aliphatic carbocycles. The molecule has 4 nitrogen and oxygen atoms in total. The van der Waals surface area contributed by atoms with Gasteiger partial charge in [0.25, 0.3) is 0 Å². The predicted molar refractivity (Wildman–Crippen MR) is 74.8 cm³/mol. The van der Waals surface area contributed by atoms with Gasteiger partial charge in [-0.3, -0.25) is 4.79 Å². The molecule has 2 atom stereocenters. The Hall–Kier alpha value is -1.06. The van der Waals surface area contributed by atoms with E-state index >= 15 is 0 Å². The Morgan fingerprint density at radius 3 is 2.21 bits per heavy atom. The number of carboxylic acids is 1. The molecule has 0 aromatic rings. The molecule has 1 rings (SSSR count). The highest BCUT2D eigenvalue weighted by atomic mass is 16.4. The number of amides is 1. The molecule has 1 unspecified atom stereocenters. The number of nitrogens with one attached hydrogen (secondary N) is 1. The standard InChI is InChI=1S/C15H27NO3/c1-10(2)14(15(18)19)16-13(17)9-11(3)12-7-5-4-6-8-12/h10-12,14H,4-9H2,1-3H3,(H,16,17)(H,18,19)/t11?,14-/m0/s1. The van der Waals surface area contributed by atoms with Crippen molar-refractivity contribution in [3.8, 4) is 0 Å². The Kier molecular flexibility index (Phi) is 6.32. The Morgan fingerprint density at radius 1 is 1.16 bits per heavy atom. The normalized spacial score (nSPS) is 20.0. The maximum absolute atomic E-state index is 11.9. The van der Waals surface area contributed by atoms with Crippen molar-refractivity contribution in [3.05, 3.63) is 0 Å². The zero-order valence-corrected chi connectivity index (χ0v) is 12.3. The fourth-order valence-electron chi connectivity index (χ4n) is 2.91. The molecule has 0 aromatic heterocycles. The molecule has 19 heavy (non-hydrogen) atoms. The highest BCUT2D eigenvalue weighted by Gasteiger charge is 2.26. The Labute approximate surface area is 116 Å². The molecule has 1 fully saturated rings. The van der Waals surface area contributed by atoms with E-state index in [2.05, 4.69) is 12.2 Å². The van der Waals surface area contributed by atoms with Crippen molar-refractivity contribution in [2.75, 3.05) is 0 Å². The first kappa shape index (κ1) is 16.0. The van der Waals surface area contributed by atoms with E-state index in [1.165, 1.54) is 32.1 Å². The van der Waals surface area contributed by atoms with Gasteiger partial charge in [-0.05, 0) is 17.8 Å². The molecule has 1 aliphatic rings. The van der Waals surface area contributed by atoms with E-state index < -0.39 is 12.0 Å². The fourth-order valence-corrected chi connectivity index (χ4v) is 2.91. The Morgan fingerprint density at radius 2 is 1.74 bits per heavy atom. The third kappa shape index (κ3) is 5.21. The van der Waals surface area contributed by atoms with Gasteiger partial charge in [0.1, 0.15) is 6.04 Å². The summed E-state index contributed by atoms with van der Waals surface area (Å²) >= 11 is 0. The van der Waals surface area contributed by atoms with Gasteiger partial charge in [-0.1, -0.05) is 52.9 Å². The minimum Gasteiger partial charge on any atom is -0.480 e. The monoisotopic (exact) mass is 269 g/mol. The zero-order chi connectivity index (χ0) is 14.4. The average molecular weight is 269 g/mol. The van der Waals surface area contributed by atoms with Crippen LogP contribution in [-0.2, 0) is 9.59 Å². The maximum atomic E-state index is 11.9. The number of carbonyl (C=O) groups excluding carboxylic acids is 1. The van der Waals surface area contributed by atoms with Gasteiger partial charge < -0.3 is 10.4 Å². The topological polar surface area (TPSA) is 66.4 Å². The van der Waals surface area contributed by atoms with Gasteiger partial charge in [-0.15, -0.1) is 0 Å². The highest BCUT2D eigenvalue weighted by Crippen LogP contribution is 2.31. The van der Waals surface area contributed by atoms with Crippen LogP contribution in [0.1, 0.15) is 59.3 Å². The summed E-state index contributed by atoms with van der Waals surface area (Å²) in [4.78, 5) is 23.0. The molecular weight excluding hydrogens is 242 g/mol. The maximum Gasteiger partial charge on any atom is 0.326 e. The van der Waals surface area contributed by atoms with Crippen LogP contribution in [0.5, 0.6) is 0 Å². The largest absolute Gasteiger partial charge is 0.480 e. The van der Waals surface area contributed by atoms with Gasteiger partial charge >= 0.3 is 5.97 Å². The summed E-state index contributed by atoms with van der Waals surface area (Å²) in [5, 5.41) is 11.7. The van der Waals surface area contributed by atoms with E-state index in [9.17, 15) is 9.59 Å². The Balaban J connectivity index is 2.42. The molecular formula is C15H27NO3.